The number of H-pyrrole nitrogens is 1. The van der Waals surface area contributed by atoms with Crippen molar-refractivity contribution in [2.45, 2.75) is 13.3 Å². The molecular formula is C9H12ClN3O. The fourth-order valence-corrected chi connectivity index (χ4v) is 1.12. The average molecular weight is 214 g/mol. The molecule has 0 aliphatic carbocycles. The van der Waals surface area contributed by atoms with Gasteiger partial charge in [-0.1, -0.05) is 23.8 Å². The van der Waals surface area contributed by atoms with E-state index >= 15 is 0 Å². The molecular weight excluding hydrogens is 202 g/mol. The summed E-state index contributed by atoms with van der Waals surface area (Å²) in [5.74, 6) is 0. The third-order valence-corrected chi connectivity index (χ3v) is 2.03. The second kappa shape index (κ2) is 5.44. The first-order valence-electron chi connectivity index (χ1n) is 4.34. The Hall–Kier alpha value is -1.29. The van der Waals surface area contributed by atoms with E-state index in [1.807, 2.05) is 19.1 Å². The number of aromatic amines is 1. The van der Waals surface area contributed by atoms with E-state index < -0.39 is 0 Å². The molecule has 1 heterocycles. The summed E-state index contributed by atoms with van der Waals surface area (Å²) in [7, 11) is 0. The van der Waals surface area contributed by atoms with Crippen LogP contribution >= 0.6 is 11.6 Å². The largest absolute Gasteiger partial charge is 0.382 e. The minimum atomic E-state index is -0.372. The Morgan fingerprint density at radius 1 is 1.71 bits per heavy atom. The van der Waals surface area contributed by atoms with Gasteiger partial charge in [-0.2, -0.15) is 5.10 Å². The SMILES string of the molecule is C/C=C/CCNc1cn[nH]c(=O)c1Cl. The minimum Gasteiger partial charge on any atom is -0.382 e. The first kappa shape index (κ1) is 10.8. The van der Waals surface area contributed by atoms with Crippen LogP contribution in [0.2, 0.25) is 5.02 Å². The fourth-order valence-electron chi connectivity index (χ4n) is 0.964. The van der Waals surface area contributed by atoms with Gasteiger partial charge in [0.25, 0.3) is 5.56 Å². The lowest BCUT2D eigenvalue weighted by atomic mass is 10.3. The van der Waals surface area contributed by atoms with Gasteiger partial charge in [-0.25, -0.2) is 5.10 Å². The van der Waals surface area contributed by atoms with Gasteiger partial charge in [-0.05, 0) is 13.3 Å². The summed E-state index contributed by atoms with van der Waals surface area (Å²) in [5, 5.41) is 9.07. The second-order valence-electron chi connectivity index (χ2n) is 2.71. The predicted molar refractivity (Wildman–Crippen MR) is 57.8 cm³/mol. The fraction of sp³-hybridized carbons (Fsp3) is 0.333. The lowest BCUT2D eigenvalue weighted by Gasteiger charge is -2.04. The molecule has 76 valence electrons. The zero-order chi connectivity index (χ0) is 10.4. The predicted octanol–water partition coefficient (Wildman–Crippen LogP) is 1.80. The van der Waals surface area contributed by atoms with E-state index in [-0.39, 0.29) is 10.6 Å². The van der Waals surface area contributed by atoms with Crippen LogP contribution in [0.5, 0.6) is 0 Å². The van der Waals surface area contributed by atoms with Crippen molar-refractivity contribution in [2.75, 3.05) is 11.9 Å². The maximum absolute atomic E-state index is 11.0. The van der Waals surface area contributed by atoms with Gasteiger partial charge in [0.1, 0.15) is 5.02 Å². The van der Waals surface area contributed by atoms with Crippen LogP contribution in [-0.2, 0) is 0 Å². The van der Waals surface area contributed by atoms with Crippen LogP contribution in [-0.4, -0.2) is 16.7 Å². The van der Waals surface area contributed by atoms with Gasteiger partial charge in [-0.3, -0.25) is 4.79 Å². The molecule has 0 aliphatic heterocycles. The van der Waals surface area contributed by atoms with Crippen molar-refractivity contribution in [3.05, 3.63) is 33.7 Å². The van der Waals surface area contributed by atoms with Crippen molar-refractivity contribution in [1.29, 1.82) is 0 Å². The number of aromatic nitrogens is 2. The molecule has 2 N–H and O–H groups in total. The van der Waals surface area contributed by atoms with E-state index in [9.17, 15) is 4.79 Å². The van der Waals surface area contributed by atoms with Crippen molar-refractivity contribution >= 4 is 17.3 Å². The van der Waals surface area contributed by atoms with Crippen LogP contribution in [0.3, 0.4) is 0 Å². The molecule has 0 atom stereocenters. The standard InChI is InChI=1S/C9H12ClN3O/c1-2-3-4-5-11-7-6-12-13-9(14)8(7)10/h2-3,6H,4-5H2,1H3,(H2,11,13,14)/b3-2+. The molecule has 14 heavy (non-hydrogen) atoms. The van der Waals surface area contributed by atoms with Gasteiger partial charge in [0.15, 0.2) is 0 Å². The summed E-state index contributed by atoms with van der Waals surface area (Å²) in [6.45, 7) is 2.69. The lowest BCUT2D eigenvalue weighted by Crippen LogP contribution is -2.12. The molecule has 0 spiro atoms. The molecule has 0 aromatic carbocycles. The van der Waals surface area contributed by atoms with E-state index in [0.29, 0.717) is 5.69 Å². The Kier molecular flexibility index (Phi) is 4.19. The van der Waals surface area contributed by atoms with E-state index in [4.69, 9.17) is 11.6 Å². The summed E-state index contributed by atoms with van der Waals surface area (Å²) in [5.41, 5.74) is 0.197. The van der Waals surface area contributed by atoms with E-state index in [2.05, 4.69) is 15.5 Å². The molecule has 1 aromatic rings. The topological polar surface area (TPSA) is 57.8 Å². The first-order valence-corrected chi connectivity index (χ1v) is 4.71. The molecule has 1 aromatic heterocycles. The second-order valence-corrected chi connectivity index (χ2v) is 3.09. The normalized spacial score (nSPS) is 10.7. The average Bonchev–Trinajstić information content (AvgIpc) is 2.19. The number of hydrogen-bond donors (Lipinski definition) is 2. The molecule has 4 nitrogen and oxygen atoms in total. The number of nitrogens with one attached hydrogen (secondary N) is 2. The molecule has 5 heteroatoms. The third kappa shape index (κ3) is 2.88. The molecule has 0 radical (unpaired) electrons. The van der Waals surface area contributed by atoms with Gasteiger partial charge in [0.05, 0.1) is 11.9 Å². The highest BCUT2D eigenvalue weighted by Gasteiger charge is 2.02. The number of allylic oxidation sites excluding steroid dienone is 1. The van der Waals surface area contributed by atoms with Crippen molar-refractivity contribution < 1.29 is 0 Å². The highest BCUT2D eigenvalue weighted by atomic mass is 35.5. The molecule has 0 saturated heterocycles. The summed E-state index contributed by atoms with van der Waals surface area (Å²) in [6.07, 6.45) is 6.39. The molecule has 1 rings (SSSR count). The first-order chi connectivity index (χ1) is 6.75. The summed E-state index contributed by atoms with van der Waals surface area (Å²) >= 11 is 5.74. The van der Waals surface area contributed by atoms with Crippen LogP contribution < -0.4 is 10.9 Å². The summed E-state index contributed by atoms with van der Waals surface area (Å²) in [6, 6.07) is 0. The lowest BCUT2D eigenvalue weighted by molar-refractivity contribution is 0.976. The van der Waals surface area contributed by atoms with E-state index in [1.54, 1.807) is 0 Å². The highest BCUT2D eigenvalue weighted by Crippen LogP contribution is 2.13. The maximum Gasteiger partial charge on any atom is 0.285 e. The number of halogens is 1. The number of nitrogens with zero attached hydrogens (tertiary/aromatic N) is 1. The van der Waals surface area contributed by atoms with Crippen molar-refractivity contribution in [1.82, 2.24) is 10.2 Å². The third-order valence-electron chi connectivity index (χ3n) is 1.66. The van der Waals surface area contributed by atoms with Crippen LogP contribution in [0.1, 0.15) is 13.3 Å². The molecule has 0 fully saturated rings. The Labute approximate surface area is 87.0 Å². The van der Waals surface area contributed by atoms with Crippen molar-refractivity contribution in [3.63, 3.8) is 0 Å². The van der Waals surface area contributed by atoms with Crippen LogP contribution in [0.25, 0.3) is 0 Å². The molecule has 0 saturated carbocycles. The molecule has 0 bridgehead atoms. The van der Waals surface area contributed by atoms with E-state index in [1.165, 1.54) is 6.20 Å². The Bertz CT molecular complexity index is 373. The molecule has 0 unspecified atom stereocenters. The quantitative estimate of drug-likeness (QED) is 0.592. The van der Waals surface area contributed by atoms with Crippen molar-refractivity contribution in [2.24, 2.45) is 0 Å². The van der Waals surface area contributed by atoms with Gasteiger partial charge in [-0.15, -0.1) is 0 Å². The smallest absolute Gasteiger partial charge is 0.285 e. The molecule has 0 amide bonds. The summed E-state index contributed by atoms with van der Waals surface area (Å²) in [4.78, 5) is 11.0. The Balaban J connectivity index is 2.59. The minimum absolute atomic E-state index is 0.153. The maximum atomic E-state index is 11.0. The van der Waals surface area contributed by atoms with Crippen LogP contribution in [0.15, 0.2) is 23.1 Å². The summed E-state index contributed by atoms with van der Waals surface area (Å²) < 4.78 is 0. The number of hydrogen-bond acceptors (Lipinski definition) is 3. The van der Waals surface area contributed by atoms with Gasteiger partial charge in [0, 0.05) is 6.54 Å². The van der Waals surface area contributed by atoms with Gasteiger partial charge >= 0.3 is 0 Å². The zero-order valence-corrected chi connectivity index (χ0v) is 8.64. The highest BCUT2D eigenvalue weighted by molar-refractivity contribution is 6.32. The Morgan fingerprint density at radius 2 is 2.50 bits per heavy atom. The van der Waals surface area contributed by atoms with Crippen LogP contribution in [0, 0.1) is 0 Å². The zero-order valence-electron chi connectivity index (χ0n) is 7.88. The Morgan fingerprint density at radius 3 is 3.21 bits per heavy atom. The van der Waals surface area contributed by atoms with Gasteiger partial charge < -0.3 is 5.32 Å². The monoisotopic (exact) mass is 213 g/mol. The van der Waals surface area contributed by atoms with Gasteiger partial charge in [0.2, 0.25) is 0 Å². The number of rotatable bonds is 4. The van der Waals surface area contributed by atoms with Crippen LogP contribution in [0.4, 0.5) is 5.69 Å². The van der Waals surface area contributed by atoms with E-state index in [0.717, 1.165) is 13.0 Å². The molecule has 0 aliphatic rings. The number of anilines is 1. The van der Waals surface area contributed by atoms with Crippen molar-refractivity contribution in [3.8, 4) is 0 Å².